The van der Waals surface area contributed by atoms with Gasteiger partial charge in [0.1, 0.15) is 0 Å². The van der Waals surface area contributed by atoms with Gasteiger partial charge >= 0.3 is 6.03 Å². The van der Waals surface area contributed by atoms with Crippen molar-refractivity contribution in [2.45, 2.75) is 49.6 Å². The third kappa shape index (κ3) is 3.10. The number of carbonyl (C=O) groups is 1. The number of aliphatic hydroxyl groups is 1. The Balaban J connectivity index is 1.63. The topological polar surface area (TPSA) is 61.4 Å². The number of nitrogens with one attached hydrogen (secondary N) is 2. The quantitative estimate of drug-likeness (QED) is 0.802. The Morgan fingerprint density at radius 1 is 1.36 bits per heavy atom. The summed E-state index contributed by atoms with van der Waals surface area (Å²) in [6.07, 6.45) is 3.93. The molecule has 1 aliphatic heterocycles. The molecule has 2 amide bonds. The fourth-order valence-electron chi connectivity index (χ4n) is 3.52. The lowest BCUT2D eigenvalue weighted by atomic mass is 9.86. The fourth-order valence-corrected chi connectivity index (χ4v) is 4.64. The summed E-state index contributed by atoms with van der Waals surface area (Å²) in [5, 5.41) is 15.8. The molecule has 0 aromatic heterocycles. The van der Waals surface area contributed by atoms with Crippen LogP contribution in [0.15, 0.2) is 29.2 Å². The van der Waals surface area contributed by atoms with Crippen LogP contribution in [0.25, 0.3) is 0 Å². The number of hydrogen-bond acceptors (Lipinski definition) is 3. The molecule has 3 atom stereocenters. The molecule has 0 saturated heterocycles. The van der Waals surface area contributed by atoms with Gasteiger partial charge in [-0.1, -0.05) is 31.5 Å². The summed E-state index contributed by atoms with van der Waals surface area (Å²) in [5.74, 6) is 1.03. The number of thioether (sulfide) groups is 1. The van der Waals surface area contributed by atoms with Crippen LogP contribution in [0, 0.1) is 5.41 Å². The minimum absolute atomic E-state index is 0.0608. The van der Waals surface area contributed by atoms with Crippen LogP contribution in [-0.4, -0.2) is 29.5 Å². The number of amides is 2. The van der Waals surface area contributed by atoms with E-state index < -0.39 is 0 Å². The first-order valence-electron chi connectivity index (χ1n) is 8.02. The van der Waals surface area contributed by atoms with E-state index >= 15 is 0 Å². The van der Waals surface area contributed by atoms with Crippen LogP contribution in [0.1, 0.15) is 44.2 Å². The summed E-state index contributed by atoms with van der Waals surface area (Å²) in [7, 11) is 0. The lowest BCUT2D eigenvalue weighted by molar-refractivity contribution is 0.120. The van der Waals surface area contributed by atoms with Crippen molar-refractivity contribution in [2.75, 3.05) is 12.4 Å². The smallest absolute Gasteiger partial charge is 0.315 e. The number of fused-ring (bicyclic) bond motifs is 1. The van der Waals surface area contributed by atoms with Crippen molar-refractivity contribution in [3.05, 3.63) is 29.8 Å². The maximum atomic E-state index is 12.4. The predicted octanol–water partition coefficient (Wildman–Crippen LogP) is 3.07. The van der Waals surface area contributed by atoms with Gasteiger partial charge in [0.25, 0.3) is 0 Å². The number of aliphatic hydroxyl groups excluding tert-OH is 1. The van der Waals surface area contributed by atoms with Gasteiger partial charge in [-0.25, -0.2) is 4.79 Å². The summed E-state index contributed by atoms with van der Waals surface area (Å²) < 4.78 is 0. The Kier molecular flexibility index (Phi) is 4.64. The number of urea groups is 1. The molecule has 0 bridgehead atoms. The molecule has 1 fully saturated rings. The normalized spacial score (nSPS) is 30.6. The summed E-state index contributed by atoms with van der Waals surface area (Å²) in [6, 6.07) is 8.31. The average Bonchev–Trinajstić information content (AvgIpc) is 2.89. The molecule has 1 aliphatic carbocycles. The molecule has 1 heterocycles. The molecule has 4 nitrogen and oxygen atoms in total. The van der Waals surface area contributed by atoms with Crippen molar-refractivity contribution >= 4 is 17.8 Å². The molecule has 1 aromatic rings. The third-order valence-corrected chi connectivity index (χ3v) is 6.13. The minimum Gasteiger partial charge on any atom is -0.396 e. The van der Waals surface area contributed by atoms with Crippen molar-refractivity contribution in [3.8, 4) is 0 Å². The number of rotatable bonds is 3. The molecule has 22 heavy (non-hydrogen) atoms. The molecule has 0 spiro atoms. The van der Waals surface area contributed by atoms with Crippen LogP contribution in [-0.2, 0) is 0 Å². The van der Waals surface area contributed by atoms with Gasteiger partial charge in [0.2, 0.25) is 0 Å². The van der Waals surface area contributed by atoms with Crippen LogP contribution in [0.3, 0.4) is 0 Å². The Morgan fingerprint density at radius 2 is 2.18 bits per heavy atom. The van der Waals surface area contributed by atoms with E-state index in [1.165, 1.54) is 10.5 Å². The first-order chi connectivity index (χ1) is 10.6. The fraction of sp³-hybridized carbons (Fsp3) is 0.588. The van der Waals surface area contributed by atoms with Crippen LogP contribution >= 0.6 is 11.8 Å². The highest BCUT2D eigenvalue weighted by Gasteiger charge is 2.39. The lowest BCUT2D eigenvalue weighted by Gasteiger charge is -2.31. The van der Waals surface area contributed by atoms with E-state index in [1.54, 1.807) is 0 Å². The maximum absolute atomic E-state index is 12.4. The highest BCUT2D eigenvalue weighted by Crippen LogP contribution is 2.38. The van der Waals surface area contributed by atoms with E-state index in [0.29, 0.717) is 0 Å². The van der Waals surface area contributed by atoms with Crippen LogP contribution in [0.5, 0.6) is 0 Å². The van der Waals surface area contributed by atoms with Gasteiger partial charge in [0.05, 0.1) is 12.6 Å². The van der Waals surface area contributed by atoms with Crippen LogP contribution in [0.4, 0.5) is 4.79 Å². The third-order valence-electron chi connectivity index (χ3n) is 5.01. The van der Waals surface area contributed by atoms with Crippen LogP contribution in [0.2, 0.25) is 0 Å². The van der Waals surface area contributed by atoms with Crippen molar-refractivity contribution < 1.29 is 9.90 Å². The molecular weight excluding hydrogens is 296 g/mol. The summed E-state index contributed by atoms with van der Waals surface area (Å²) in [4.78, 5) is 13.6. The van der Waals surface area contributed by atoms with Gasteiger partial charge in [-0.2, -0.15) is 0 Å². The average molecular weight is 320 g/mol. The second-order valence-electron chi connectivity index (χ2n) is 6.60. The Morgan fingerprint density at radius 3 is 3.00 bits per heavy atom. The molecule has 120 valence electrons. The number of benzene rings is 1. The Bertz CT molecular complexity index is 551. The second-order valence-corrected chi connectivity index (χ2v) is 7.74. The zero-order chi connectivity index (χ0) is 15.6. The number of hydrogen-bond donors (Lipinski definition) is 3. The molecule has 3 N–H and O–H groups in total. The Labute approximate surface area is 136 Å². The first-order valence-corrected chi connectivity index (χ1v) is 9.00. The summed E-state index contributed by atoms with van der Waals surface area (Å²) in [5.41, 5.74) is 1.03. The van der Waals surface area contributed by atoms with E-state index in [1.807, 2.05) is 23.9 Å². The summed E-state index contributed by atoms with van der Waals surface area (Å²) in [6.45, 7) is 2.18. The van der Waals surface area contributed by atoms with Crippen molar-refractivity contribution in [3.63, 3.8) is 0 Å². The molecule has 3 rings (SSSR count). The first kappa shape index (κ1) is 15.7. The lowest BCUT2D eigenvalue weighted by Crippen LogP contribution is -2.49. The van der Waals surface area contributed by atoms with E-state index in [4.69, 9.17) is 0 Å². The second kappa shape index (κ2) is 6.50. The van der Waals surface area contributed by atoms with E-state index in [9.17, 15) is 9.90 Å². The van der Waals surface area contributed by atoms with Crippen molar-refractivity contribution in [1.29, 1.82) is 0 Å². The van der Waals surface area contributed by atoms with Crippen molar-refractivity contribution in [1.82, 2.24) is 10.6 Å². The zero-order valence-corrected chi connectivity index (χ0v) is 13.8. The van der Waals surface area contributed by atoms with Gasteiger partial charge in [0, 0.05) is 22.1 Å². The minimum atomic E-state index is -0.183. The highest BCUT2D eigenvalue weighted by atomic mass is 32.2. The molecular formula is C17H24N2O2S. The van der Waals surface area contributed by atoms with Crippen LogP contribution < -0.4 is 10.6 Å². The van der Waals surface area contributed by atoms with Gasteiger partial charge in [-0.05, 0) is 30.9 Å². The predicted molar refractivity (Wildman–Crippen MR) is 89.0 cm³/mol. The molecule has 5 heteroatoms. The summed E-state index contributed by atoms with van der Waals surface area (Å²) >= 11 is 1.85. The van der Waals surface area contributed by atoms with Gasteiger partial charge < -0.3 is 15.7 Å². The zero-order valence-electron chi connectivity index (χ0n) is 13.0. The molecule has 1 saturated carbocycles. The maximum Gasteiger partial charge on any atom is 0.315 e. The SMILES string of the molecule is CC1(CO)CCCC1NC(=O)NC1CCSc2ccccc21. The Hall–Kier alpha value is -1.20. The molecule has 2 aliphatic rings. The molecule has 3 unspecified atom stereocenters. The van der Waals surface area contributed by atoms with Crippen molar-refractivity contribution in [2.24, 2.45) is 5.41 Å². The number of carbonyl (C=O) groups excluding carboxylic acids is 1. The van der Waals surface area contributed by atoms with Gasteiger partial charge in [0.15, 0.2) is 0 Å². The monoisotopic (exact) mass is 320 g/mol. The van der Waals surface area contributed by atoms with Gasteiger partial charge in [-0.3, -0.25) is 0 Å². The van der Waals surface area contributed by atoms with Gasteiger partial charge in [-0.15, -0.1) is 11.8 Å². The molecule has 0 radical (unpaired) electrons. The van der Waals surface area contributed by atoms with E-state index in [-0.39, 0.29) is 30.1 Å². The molecule has 1 aromatic carbocycles. The highest BCUT2D eigenvalue weighted by molar-refractivity contribution is 7.99. The largest absolute Gasteiger partial charge is 0.396 e. The van der Waals surface area contributed by atoms with E-state index in [0.717, 1.165) is 31.4 Å². The van der Waals surface area contributed by atoms with E-state index in [2.05, 4.69) is 29.7 Å². The standard InChI is InChI=1S/C17H24N2O2S/c1-17(11-20)9-4-7-15(17)19-16(21)18-13-8-10-22-14-6-3-2-5-12(13)14/h2-3,5-6,13,15,20H,4,7-11H2,1H3,(H2,18,19,21).